The molecule has 2 rings (SSSR count). The van der Waals surface area contributed by atoms with Gasteiger partial charge >= 0.3 is 0 Å². The molecule has 0 aliphatic rings. The fourth-order valence-electron chi connectivity index (χ4n) is 2.43. The third-order valence-corrected chi connectivity index (χ3v) is 3.63. The second-order valence-electron chi connectivity index (χ2n) is 7.15. The predicted octanol–water partition coefficient (Wildman–Crippen LogP) is 4.58. The summed E-state index contributed by atoms with van der Waals surface area (Å²) in [4.78, 5) is 0. The molecule has 0 aliphatic heterocycles. The molecule has 2 aromatic rings. The first-order valence-corrected chi connectivity index (χ1v) is 7.68. The number of hydrogen-bond acceptors (Lipinski definition) is 1. The van der Waals surface area contributed by atoms with Gasteiger partial charge in [0.25, 0.3) is 0 Å². The average molecular weight is 272 g/mol. The summed E-state index contributed by atoms with van der Waals surface area (Å²) < 4.78 is 2.41. The molecule has 2 heteroatoms. The monoisotopic (exact) mass is 272 g/mol. The molecule has 1 aromatic carbocycles. The Morgan fingerprint density at radius 2 is 1.90 bits per heavy atom. The molecular formula is C18H28N2. The first kappa shape index (κ1) is 15.1. The molecule has 1 aromatic heterocycles. The Hall–Kier alpha value is -1.28. The molecule has 0 saturated heterocycles. The second-order valence-corrected chi connectivity index (χ2v) is 7.15. The van der Waals surface area contributed by atoms with Crippen molar-refractivity contribution in [1.29, 1.82) is 0 Å². The maximum absolute atomic E-state index is 3.60. The Balaban J connectivity index is 2.26. The van der Waals surface area contributed by atoms with Crippen LogP contribution in [0.1, 0.15) is 46.6 Å². The highest BCUT2D eigenvalue weighted by molar-refractivity contribution is 5.83. The molecule has 1 heterocycles. The number of benzene rings is 1. The van der Waals surface area contributed by atoms with Gasteiger partial charge in [-0.15, -0.1) is 0 Å². The molecular weight excluding hydrogens is 244 g/mol. The van der Waals surface area contributed by atoms with Gasteiger partial charge in [0.2, 0.25) is 0 Å². The minimum atomic E-state index is 0.150. The van der Waals surface area contributed by atoms with Gasteiger partial charge in [-0.3, -0.25) is 0 Å². The van der Waals surface area contributed by atoms with Crippen LogP contribution in [-0.4, -0.2) is 10.1 Å². The van der Waals surface area contributed by atoms with Gasteiger partial charge in [-0.25, -0.2) is 0 Å². The highest BCUT2D eigenvalue weighted by Gasteiger charge is 2.11. The smallest absolute Gasteiger partial charge is 0.0525 e. The lowest BCUT2D eigenvalue weighted by molar-refractivity contribution is 0.424. The van der Waals surface area contributed by atoms with E-state index in [9.17, 15) is 0 Å². The SMILES string of the molecule is CC(C)CCn1ccc2cccc(CNC(C)(C)C)c21. The van der Waals surface area contributed by atoms with Gasteiger partial charge in [-0.2, -0.15) is 0 Å². The fraction of sp³-hybridized carbons (Fsp3) is 0.556. The van der Waals surface area contributed by atoms with Crippen LogP contribution >= 0.6 is 0 Å². The Labute approximate surface area is 123 Å². The Morgan fingerprint density at radius 1 is 1.15 bits per heavy atom. The number of nitrogens with one attached hydrogen (secondary N) is 1. The van der Waals surface area contributed by atoms with Crippen LogP contribution in [0.25, 0.3) is 10.9 Å². The van der Waals surface area contributed by atoms with E-state index < -0.39 is 0 Å². The second kappa shape index (κ2) is 6.01. The quantitative estimate of drug-likeness (QED) is 0.843. The van der Waals surface area contributed by atoms with Crippen molar-refractivity contribution >= 4 is 10.9 Å². The van der Waals surface area contributed by atoms with E-state index in [0.29, 0.717) is 0 Å². The lowest BCUT2D eigenvalue weighted by Crippen LogP contribution is -2.35. The topological polar surface area (TPSA) is 17.0 Å². The van der Waals surface area contributed by atoms with E-state index in [1.807, 2.05) is 0 Å². The summed E-state index contributed by atoms with van der Waals surface area (Å²) in [6.07, 6.45) is 3.46. The van der Waals surface area contributed by atoms with Crippen LogP contribution in [0, 0.1) is 5.92 Å². The first-order chi connectivity index (χ1) is 9.37. The summed E-state index contributed by atoms with van der Waals surface area (Å²) in [7, 11) is 0. The van der Waals surface area contributed by atoms with Crippen molar-refractivity contribution in [3.63, 3.8) is 0 Å². The van der Waals surface area contributed by atoms with Gasteiger partial charge in [0.1, 0.15) is 0 Å². The van der Waals surface area contributed by atoms with Crippen LogP contribution in [0.2, 0.25) is 0 Å². The van der Waals surface area contributed by atoms with Crippen molar-refractivity contribution in [3.05, 3.63) is 36.0 Å². The zero-order valence-electron chi connectivity index (χ0n) is 13.5. The zero-order valence-corrected chi connectivity index (χ0v) is 13.5. The minimum Gasteiger partial charge on any atom is -0.347 e. The highest BCUT2D eigenvalue weighted by Crippen LogP contribution is 2.22. The van der Waals surface area contributed by atoms with Gasteiger partial charge in [0, 0.05) is 24.8 Å². The van der Waals surface area contributed by atoms with Crippen LogP contribution in [0.4, 0.5) is 0 Å². The van der Waals surface area contributed by atoms with Crippen LogP contribution in [0.5, 0.6) is 0 Å². The van der Waals surface area contributed by atoms with E-state index in [1.165, 1.54) is 22.9 Å². The number of para-hydroxylation sites is 1. The van der Waals surface area contributed by atoms with Gasteiger partial charge < -0.3 is 9.88 Å². The molecule has 0 amide bonds. The van der Waals surface area contributed by atoms with E-state index in [4.69, 9.17) is 0 Å². The van der Waals surface area contributed by atoms with E-state index >= 15 is 0 Å². The first-order valence-electron chi connectivity index (χ1n) is 7.68. The largest absolute Gasteiger partial charge is 0.347 e. The van der Waals surface area contributed by atoms with Crippen molar-refractivity contribution in [3.8, 4) is 0 Å². The van der Waals surface area contributed by atoms with Crippen LogP contribution in [-0.2, 0) is 13.1 Å². The van der Waals surface area contributed by atoms with Crippen LogP contribution in [0.15, 0.2) is 30.5 Å². The van der Waals surface area contributed by atoms with E-state index in [2.05, 4.69) is 75.0 Å². The summed E-state index contributed by atoms with van der Waals surface area (Å²) in [5.41, 5.74) is 2.94. The number of rotatable bonds is 5. The maximum Gasteiger partial charge on any atom is 0.0525 e. The summed E-state index contributed by atoms with van der Waals surface area (Å²) in [6, 6.07) is 8.85. The van der Waals surface area contributed by atoms with Gasteiger partial charge in [0.15, 0.2) is 0 Å². The summed E-state index contributed by atoms with van der Waals surface area (Å²) in [5.74, 6) is 0.743. The summed E-state index contributed by atoms with van der Waals surface area (Å²) in [6.45, 7) is 13.2. The number of aryl methyl sites for hydroxylation is 1. The molecule has 0 saturated carbocycles. The van der Waals surface area contributed by atoms with Crippen molar-refractivity contribution in [2.24, 2.45) is 5.92 Å². The minimum absolute atomic E-state index is 0.150. The van der Waals surface area contributed by atoms with Crippen LogP contribution in [0.3, 0.4) is 0 Å². The van der Waals surface area contributed by atoms with E-state index in [0.717, 1.165) is 19.0 Å². The molecule has 0 unspecified atom stereocenters. The van der Waals surface area contributed by atoms with Gasteiger partial charge in [-0.05, 0) is 50.1 Å². The zero-order chi connectivity index (χ0) is 14.8. The van der Waals surface area contributed by atoms with Crippen molar-refractivity contribution in [2.75, 3.05) is 0 Å². The number of aromatic nitrogens is 1. The van der Waals surface area contributed by atoms with Gasteiger partial charge in [-0.1, -0.05) is 32.0 Å². The Kier molecular flexibility index (Phi) is 4.54. The lowest BCUT2D eigenvalue weighted by atomic mass is 10.1. The number of hydrogen-bond donors (Lipinski definition) is 1. The molecule has 0 aliphatic carbocycles. The third kappa shape index (κ3) is 3.86. The van der Waals surface area contributed by atoms with Crippen molar-refractivity contribution in [2.45, 2.75) is 59.7 Å². The predicted molar refractivity (Wildman–Crippen MR) is 88.0 cm³/mol. The number of fused-ring (bicyclic) bond motifs is 1. The molecule has 110 valence electrons. The summed E-state index contributed by atoms with van der Waals surface area (Å²) in [5, 5.41) is 4.95. The van der Waals surface area contributed by atoms with E-state index in [-0.39, 0.29) is 5.54 Å². The lowest BCUT2D eigenvalue weighted by Gasteiger charge is -2.21. The Bertz CT molecular complexity index is 558. The van der Waals surface area contributed by atoms with Crippen LogP contribution < -0.4 is 5.32 Å². The average Bonchev–Trinajstić information content (AvgIpc) is 2.76. The molecule has 0 radical (unpaired) electrons. The molecule has 1 N–H and O–H groups in total. The normalized spacial score (nSPS) is 12.5. The summed E-state index contributed by atoms with van der Waals surface area (Å²) >= 11 is 0. The highest BCUT2D eigenvalue weighted by atomic mass is 15.0. The number of nitrogens with zero attached hydrogens (tertiary/aromatic N) is 1. The molecule has 2 nitrogen and oxygen atoms in total. The standard InChI is InChI=1S/C18H28N2/c1-14(2)9-11-20-12-10-15-7-6-8-16(17(15)20)13-19-18(3,4)5/h6-8,10,12,14,19H,9,11,13H2,1-5H3. The fourth-order valence-corrected chi connectivity index (χ4v) is 2.43. The van der Waals surface area contributed by atoms with Gasteiger partial charge in [0.05, 0.1) is 5.52 Å². The van der Waals surface area contributed by atoms with E-state index in [1.54, 1.807) is 0 Å². The molecule has 0 atom stereocenters. The molecule has 0 spiro atoms. The van der Waals surface area contributed by atoms with Crippen molar-refractivity contribution in [1.82, 2.24) is 9.88 Å². The third-order valence-electron chi connectivity index (χ3n) is 3.63. The van der Waals surface area contributed by atoms with Crippen molar-refractivity contribution < 1.29 is 0 Å². The Morgan fingerprint density at radius 3 is 2.55 bits per heavy atom. The molecule has 0 bridgehead atoms. The molecule has 0 fully saturated rings. The maximum atomic E-state index is 3.60. The molecule has 20 heavy (non-hydrogen) atoms.